The quantitative estimate of drug-likeness (QED) is 0.596. The highest BCUT2D eigenvalue weighted by Gasteiger charge is 2.14. The van der Waals surface area contributed by atoms with Gasteiger partial charge in [0, 0.05) is 17.4 Å². The van der Waals surface area contributed by atoms with Crippen molar-refractivity contribution in [1.82, 2.24) is 4.98 Å². The predicted molar refractivity (Wildman–Crippen MR) is 62.0 cm³/mol. The molecule has 3 N–H and O–H groups in total. The standard InChI is InChI=1S/C12H12N2O2/c1-16-12(15)11-10(5-6-14-11)8-3-2-4-9(13)7-8/h2-7,14H,13H2,1H3. The summed E-state index contributed by atoms with van der Waals surface area (Å²) >= 11 is 0. The van der Waals surface area contributed by atoms with Crippen molar-refractivity contribution in [3.63, 3.8) is 0 Å². The lowest BCUT2D eigenvalue weighted by molar-refractivity contribution is 0.0596. The Bertz CT molecular complexity index is 517. The van der Waals surface area contributed by atoms with E-state index in [9.17, 15) is 4.79 Å². The van der Waals surface area contributed by atoms with Crippen LogP contribution < -0.4 is 5.73 Å². The summed E-state index contributed by atoms with van der Waals surface area (Å²) in [5.41, 5.74) is 8.48. The molecule has 0 spiro atoms. The Labute approximate surface area is 93.0 Å². The fraction of sp³-hybridized carbons (Fsp3) is 0.0833. The molecule has 0 unspecified atom stereocenters. The minimum absolute atomic E-state index is 0.387. The highest BCUT2D eigenvalue weighted by molar-refractivity contribution is 5.95. The Kier molecular flexibility index (Phi) is 2.64. The number of H-pyrrole nitrogens is 1. The third-order valence-corrected chi connectivity index (χ3v) is 2.33. The lowest BCUT2D eigenvalue weighted by atomic mass is 10.1. The van der Waals surface area contributed by atoms with Crippen molar-refractivity contribution in [3.8, 4) is 11.1 Å². The highest BCUT2D eigenvalue weighted by Crippen LogP contribution is 2.25. The number of ether oxygens (including phenoxy) is 1. The van der Waals surface area contributed by atoms with Gasteiger partial charge in [0.05, 0.1) is 7.11 Å². The van der Waals surface area contributed by atoms with E-state index in [0.717, 1.165) is 11.1 Å². The van der Waals surface area contributed by atoms with Crippen LogP contribution in [0.25, 0.3) is 11.1 Å². The molecule has 2 rings (SSSR count). The first-order valence-corrected chi connectivity index (χ1v) is 4.84. The van der Waals surface area contributed by atoms with E-state index in [1.165, 1.54) is 7.11 Å². The molecule has 0 fully saturated rings. The molecular formula is C12H12N2O2. The number of hydrogen-bond acceptors (Lipinski definition) is 3. The average Bonchev–Trinajstić information content (AvgIpc) is 2.77. The van der Waals surface area contributed by atoms with Crippen LogP contribution >= 0.6 is 0 Å². The van der Waals surface area contributed by atoms with Crippen molar-refractivity contribution < 1.29 is 9.53 Å². The van der Waals surface area contributed by atoms with Gasteiger partial charge in [0.25, 0.3) is 0 Å². The Hall–Kier alpha value is -2.23. The Morgan fingerprint density at radius 2 is 2.19 bits per heavy atom. The molecule has 0 aliphatic heterocycles. The number of carbonyl (C=O) groups is 1. The smallest absolute Gasteiger partial charge is 0.355 e. The summed E-state index contributed by atoms with van der Waals surface area (Å²) in [4.78, 5) is 14.3. The van der Waals surface area contributed by atoms with Crippen molar-refractivity contribution >= 4 is 11.7 Å². The van der Waals surface area contributed by atoms with Crippen LogP contribution in [0, 0.1) is 0 Å². The second-order valence-corrected chi connectivity index (χ2v) is 3.38. The molecule has 0 radical (unpaired) electrons. The summed E-state index contributed by atoms with van der Waals surface area (Å²) in [6.45, 7) is 0. The van der Waals surface area contributed by atoms with Gasteiger partial charge in [-0.15, -0.1) is 0 Å². The minimum Gasteiger partial charge on any atom is -0.464 e. The maximum absolute atomic E-state index is 11.5. The van der Waals surface area contributed by atoms with E-state index in [1.54, 1.807) is 12.3 Å². The Balaban J connectivity index is 2.48. The van der Waals surface area contributed by atoms with Crippen molar-refractivity contribution in [2.75, 3.05) is 12.8 Å². The first kappa shape index (κ1) is 10.3. The van der Waals surface area contributed by atoms with Gasteiger partial charge in [0.1, 0.15) is 5.69 Å². The number of esters is 1. The summed E-state index contributed by atoms with van der Waals surface area (Å²) in [5.74, 6) is -0.387. The third-order valence-electron chi connectivity index (χ3n) is 2.33. The molecule has 82 valence electrons. The largest absolute Gasteiger partial charge is 0.464 e. The summed E-state index contributed by atoms with van der Waals surface area (Å²) in [5, 5.41) is 0. The van der Waals surface area contributed by atoms with Crippen LogP contribution in [0.15, 0.2) is 36.5 Å². The van der Waals surface area contributed by atoms with Crippen LogP contribution in [0.2, 0.25) is 0 Å². The number of benzene rings is 1. The molecule has 4 nitrogen and oxygen atoms in total. The predicted octanol–water partition coefficient (Wildman–Crippen LogP) is 2.05. The number of nitrogens with two attached hydrogens (primary N) is 1. The number of methoxy groups -OCH3 is 1. The zero-order valence-electron chi connectivity index (χ0n) is 8.86. The Morgan fingerprint density at radius 1 is 1.38 bits per heavy atom. The van der Waals surface area contributed by atoms with Gasteiger partial charge in [-0.1, -0.05) is 12.1 Å². The van der Waals surface area contributed by atoms with Crippen molar-refractivity contribution in [3.05, 3.63) is 42.2 Å². The van der Waals surface area contributed by atoms with E-state index in [2.05, 4.69) is 9.72 Å². The van der Waals surface area contributed by atoms with Gasteiger partial charge in [-0.05, 0) is 23.8 Å². The van der Waals surface area contributed by atoms with Crippen molar-refractivity contribution in [2.24, 2.45) is 0 Å². The molecular weight excluding hydrogens is 204 g/mol. The van der Waals surface area contributed by atoms with E-state index >= 15 is 0 Å². The van der Waals surface area contributed by atoms with Crippen molar-refractivity contribution in [2.45, 2.75) is 0 Å². The lowest BCUT2D eigenvalue weighted by Crippen LogP contribution is -2.03. The molecule has 0 aliphatic rings. The van der Waals surface area contributed by atoms with E-state index < -0.39 is 0 Å². The number of nitrogens with one attached hydrogen (secondary N) is 1. The number of rotatable bonds is 2. The van der Waals surface area contributed by atoms with Crippen LogP contribution in [-0.4, -0.2) is 18.1 Å². The molecule has 1 aromatic carbocycles. The highest BCUT2D eigenvalue weighted by atomic mass is 16.5. The topological polar surface area (TPSA) is 68.1 Å². The van der Waals surface area contributed by atoms with Crippen LogP contribution in [0.1, 0.15) is 10.5 Å². The van der Waals surface area contributed by atoms with Crippen LogP contribution in [-0.2, 0) is 4.74 Å². The lowest BCUT2D eigenvalue weighted by Gasteiger charge is -2.03. The van der Waals surface area contributed by atoms with E-state index in [1.807, 2.05) is 24.3 Å². The summed E-state index contributed by atoms with van der Waals surface area (Å²) in [6.07, 6.45) is 1.70. The fourth-order valence-electron chi connectivity index (χ4n) is 1.59. The summed E-state index contributed by atoms with van der Waals surface area (Å²) in [6, 6.07) is 9.18. The second-order valence-electron chi connectivity index (χ2n) is 3.38. The minimum atomic E-state index is -0.387. The van der Waals surface area contributed by atoms with Crippen LogP contribution in [0.5, 0.6) is 0 Å². The number of nitrogen functional groups attached to an aromatic ring is 1. The third kappa shape index (κ3) is 1.77. The number of aromatic nitrogens is 1. The van der Waals surface area contributed by atoms with Gasteiger partial charge in [0.15, 0.2) is 0 Å². The fourth-order valence-corrected chi connectivity index (χ4v) is 1.59. The number of anilines is 1. The summed E-state index contributed by atoms with van der Waals surface area (Å²) in [7, 11) is 1.35. The summed E-state index contributed by atoms with van der Waals surface area (Å²) < 4.78 is 4.69. The van der Waals surface area contributed by atoms with Crippen LogP contribution in [0.4, 0.5) is 5.69 Å². The SMILES string of the molecule is COC(=O)c1[nH]ccc1-c1cccc(N)c1. The van der Waals surface area contributed by atoms with Gasteiger partial charge in [0.2, 0.25) is 0 Å². The van der Waals surface area contributed by atoms with E-state index in [0.29, 0.717) is 11.4 Å². The van der Waals surface area contributed by atoms with Gasteiger partial charge >= 0.3 is 5.97 Å². The average molecular weight is 216 g/mol. The molecule has 1 aromatic heterocycles. The second kappa shape index (κ2) is 4.10. The number of aromatic amines is 1. The van der Waals surface area contributed by atoms with Gasteiger partial charge < -0.3 is 15.5 Å². The maximum Gasteiger partial charge on any atom is 0.355 e. The molecule has 0 aliphatic carbocycles. The molecule has 0 bridgehead atoms. The molecule has 2 aromatic rings. The number of carbonyl (C=O) groups excluding carboxylic acids is 1. The van der Waals surface area contributed by atoms with Gasteiger partial charge in [-0.25, -0.2) is 4.79 Å². The molecule has 0 saturated carbocycles. The molecule has 4 heteroatoms. The normalized spacial score (nSPS) is 10.1. The number of hydrogen-bond donors (Lipinski definition) is 2. The van der Waals surface area contributed by atoms with Gasteiger partial charge in [-0.2, -0.15) is 0 Å². The molecule has 0 amide bonds. The maximum atomic E-state index is 11.5. The van der Waals surface area contributed by atoms with E-state index in [-0.39, 0.29) is 5.97 Å². The Morgan fingerprint density at radius 3 is 2.88 bits per heavy atom. The first-order valence-electron chi connectivity index (χ1n) is 4.84. The van der Waals surface area contributed by atoms with E-state index in [4.69, 9.17) is 5.73 Å². The molecule has 1 heterocycles. The zero-order chi connectivity index (χ0) is 11.5. The molecule has 16 heavy (non-hydrogen) atoms. The molecule has 0 saturated heterocycles. The zero-order valence-corrected chi connectivity index (χ0v) is 8.86. The van der Waals surface area contributed by atoms with Crippen molar-refractivity contribution in [1.29, 1.82) is 0 Å². The van der Waals surface area contributed by atoms with Gasteiger partial charge in [-0.3, -0.25) is 0 Å². The van der Waals surface area contributed by atoms with Crippen LogP contribution in [0.3, 0.4) is 0 Å². The monoisotopic (exact) mass is 216 g/mol. The first-order chi connectivity index (χ1) is 7.72. The molecule has 0 atom stereocenters.